The molecule has 0 radical (unpaired) electrons. The molecule has 2 rings (SSSR count). The van der Waals surface area contributed by atoms with Crippen molar-refractivity contribution in [1.82, 2.24) is 0 Å². The van der Waals surface area contributed by atoms with Crippen molar-refractivity contribution in [2.75, 3.05) is 0 Å². The predicted molar refractivity (Wildman–Crippen MR) is 136 cm³/mol. The fraction of sp³-hybridized carbons (Fsp3) is 1.00. The zero-order valence-corrected chi connectivity index (χ0v) is 24.8. The van der Waals surface area contributed by atoms with Crippen LogP contribution in [0.15, 0.2) is 5.11 Å². The fourth-order valence-electron chi connectivity index (χ4n) is 3.98. The Bertz CT molecular complexity index is 741. The van der Waals surface area contributed by atoms with Gasteiger partial charge in [-0.2, -0.15) is 0 Å². The summed E-state index contributed by atoms with van der Waals surface area (Å²) in [6, 6.07) is -0.622. The molecule has 33 heavy (non-hydrogen) atoms. The van der Waals surface area contributed by atoms with E-state index < -0.39 is 40.7 Å². The minimum atomic E-state index is -2.19. The summed E-state index contributed by atoms with van der Waals surface area (Å²) in [5.74, 6) is -0.803. The molecule has 1 aliphatic heterocycles. The van der Waals surface area contributed by atoms with Gasteiger partial charge in [0.1, 0.15) is 12.2 Å². The Hall–Kier alpha value is -0.456. The molecule has 6 atom stereocenters. The monoisotopic (exact) mass is 501 g/mol. The second-order valence-corrected chi connectivity index (χ2v) is 22.7. The molecule has 8 nitrogen and oxygen atoms in total. The molecule has 1 aliphatic carbocycles. The van der Waals surface area contributed by atoms with Gasteiger partial charge in [-0.1, -0.05) is 46.7 Å². The second-order valence-electron chi connectivity index (χ2n) is 13.2. The van der Waals surface area contributed by atoms with E-state index in [0.717, 1.165) is 0 Å². The van der Waals surface area contributed by atoms with Crippen LogP contribution < -0.4 is 0 Å². The lowest BCUT2D eigenvalue weighted by atomic mass is 9.88. The summed E-state index contributed by atoms with van der Waals surface area (Å²) >= 11 is 0. The largest absolute Gasteiger partial charge is 0.411 e. The van der Waals surface area contributed by atoms with Crippen molar-refractivity contribution < 1.29 is 23.4 Å². The average Bonchev–Trinajstić information content (AvgIpc) is 2.92. The minimum Gasteiger partial charge on any atom is -0.411 e. The molecule has 0 spiro atoms. The Morgan fingerprint density at radius 1 is 0.879 bits per heavy atom. The summed E-state index contributed by atoms with van der Waals surface area (Å²) < 4.78 is 26.6. The van der Waals surface area contributed by atoms with Crippen LogP contribution in [0.1, 0.15) is 68.2 Å². The molecule has 1 saturated carbocycles. The van der Waals surface area contributed by atoms with Gasteiger partial charge in [0.2, 0.25) is 0 Å². The summed E-state index contributed by atoms with van der Waals surface area (Å²) in [6.45, 7) is 25.8. The molecule has 2 fully saturated rings. The first-order valence-electron chi connectivity index (χ1n) is 12.1. The van der Waals surface area contributed by atoms with E-state index in [1.165, 1.54) is 0 Å². The van der Waals surface area contributed by atoms with Crippen LogP contribution in [0.5, 0.6) is 0 Å². The Labute approximate surface area is 202 Å². The molecule has 10 heteroatoms. The average molecular weight is 502 g/mol. The Morgan fingerprint density at radius 3 is 1.64 bits per heavy atom. The number of azide groups is 1. The molecular weight excluding hydrogens is 454 g/mol. The Kier molecular flexibility index (Phi) is 8.32. The molecule has 0 aromatic carbocycles. The minimum absolute atomic E-state index is 0.00789. The molecule has 1 saturated heterocycles. The van der Waals surface area contributed by atoms with E-state index in [4.69, 9.17) is 18.3 Å². The Morgan fingerprint density at radius 2 is 1.27 bits per heavy atom. The lowest BCUT2D eigenvalue weighted by molar-refractivity contribution is -0.159. The normalized spacial score (nSPS) is 33.6. The molecule has 0 aromatic heterocycles. The summed E-state index contributed by atoms with van der Waals surface area (Å²) in [4.78, 5) is 3.03. The third-order valence-electron chi connectivity index (χ3n) is 7.99. The quantitative estimate of drug-likeness (QED) is 0.211. The molecule has 192 valence electrons. The zero-order valence-electron chi connectivity index (χ0n) is 22.8. The number of nitrogens with zero attached hydrogens (tertiary/aromatic N) is 3. The van der Waals surface area contributed by atoms with Crippen LogP contribution in [0.3, 0.4) is 0 Å². The molecule has 1 N–H and O–H groups in total. The lowest BCUT2D eigenvalue weighted by Crippen LogP contribution is -2.57. The van der Waals surface area contributed by atoms with Crippen LogP contribution >= 0.6 is 0 Å². The predicted octanol–water partition coefficient (Wildman–Crippen LogP) is 6.12. The number of hydrogen-bond acceptors (Lipinski definition) is 6. The lowest BCUT2D eigenvalue weighted by Gasteiger charge is -2.46. The van der Waals surface area contributed by atoms with Crippen molar-refractivity contribution >= 4 is 16.6 Å². The molecular formula is C23H47N3O5Si2. The van der Waals surface area contributed by atoms with Crippen LogP contribution in [0.4, 0.5) is 0 Å². The van der Waals surface area contributed by atoms with Crippen molar-refractivity contribution in [3.63, 3.8) is 0 Å². The van der Waals surface area contributed by atoms with Gasteiger partial charge in [-0.25, -0.2) is 0 Å². The van der Waals surface area contributed by atoms with Gasteiger partial charge in [0, 0.05) is 11.3 Å². The summed E-state index contributed by atoms with van der Waals surface area (Å²) in [6.07, 6.45) is -1.69. The molecule has 1 heterocycles. The molecule has 0 amide bonds. The van der Waals surface area contributed by atoms with Crippen molar-refractivity contribution in [3.05, 3.63) is 10.4 Å². The van der Waals surface area contributed by atoms with E-state index in [0.29, 0.717) is 12.8 Å². The van der Waals surface area contributed by atoms with Gasteiger partial charge >= 0.3 is 0 Å². The van der Waals surface area contributed by atoms with Crippen molar-refractivity contribution in [2.45, 2.75) is 147 Å². The number of fused-ring (bicyclic) bond motifs is 1. The first-order chi connectivity index (χ1) is 14.7. The van der Waals surface area contributed by atoms with Crippen LogP contribution in [0, 0.1) is 0 Å². The van der Waals surface area contributed by atoms with Crippen molar-refractivity contribution in [2.24, 2.45) is 5.11 Å². The first-order valence-corrected chi connectivity index (χ1v) is 18.0. The molecule has 0 aromatic rings. The van der Waals surface area contributed by atoms with E-state index in [1.807, 2.05) is 13.8 Å². The van der Waals surface area contributed by atoms with Crippen LogP contribution in [-0.2, 0) is 18.3 Å². The Balaban J connectivity index is 2.53. The number of rotatable bonds is 5. The van der Waals surface area contributed by atoms with Gasteiger partial charge in [-0.3, -0.25) is 0 Å². The topological polar surface area (TPSA) is 106 Å². The maximum absolute atomic E-state index is 11.1. The molecule has 2 aliphatic rings. The number of hydrogen-bond donors (Lipinski definition) is 1. The van der Waals surface area contributed by atoms with Crippen LogP contribution in [0.2, 0.25) is 36.3 Å². The highest BCUT2D eigenvalue weighted by atomic mass is 28.4. The fourth-order valence-corrected chi connectivity index (χ4v) is 6.66. The standard InChI is InChI=1S/C23H47N3O5Si2/c1-21(2,3)32(9,10)30-17-13-15(25-26-24)16(27)14-18(31-33(11,12)22(4,5)6)20-19(17)28-23(7,8)29-20/h15-20,27H,13-14H2,1-12H3/t15-,16-,17-,18-,19+,20+/m0/s1. The van der Waals surface area contributed by atoms with E-state index in [1.54, 1.807) is 0 Å². The van der Waals surface area contributed by atoms with E-state index in [-0.39, 0.29) is 28.4 Å². The number of aliphatic hydroxyl groups is 1. The number of ether oxygens (including phenoxy) is 2. The highest BCUT2D eigenvalue weighted by Gasteiger charge is 2.55. The summed E-state index contributed by atoms with van der Waals surface area (Å²) in [7, 11) is -4.38. The van der Waals surface area contributed by atoms with Gasteiger partial charge < -0.3 is 23.4 Å². The van der Waals surface area contributed by atoms with Gasteiger partial charge in [0.05, 0.1) is 24.4 Å². The zero-order chi connectivity index (χ0) is 25.6. The third kappa shape index (κ3) is 6.61. The van der Waals surface area contributed by atoms with E-state index in [9.17, 15) is 10.6 Å². The smallest absolute Gasteiger partial charge is 0.192 e. The maximum Gasteiger partial charge on any atom is 0.192 e. The summed E-state index contributed by atoms with van der Waals surface area (Å²) in [5, 5.41) is 15.1. The highest BCUT2D eigenvalue weighted by molar-refractivity contribution is 6.74. The van der Waals surface area contributed by atoms with E-state index in [2.05, 4.69) is 77.8 Å². The van der Waals surface area contributed by atoms with E-state index >= 15 is 0 Å². The molecule has 0 bridgehead atoms. The third-order valence-corrected chi connectivity index (χ3v) is 17.0. The van der Waals surface area contributed by atoms with Gasteiger partial charge in [0.15, 0.2) is 22.4 Å². The molecule has 0 unspecified atom stereocenters. The summed E-state index contributed by atoms with van der Waals surface area (Å²) in [5.41, 5.74) is 9.21. The second kappa shape index (κ2) is 9.54. The highest BCUT2D eigenvalue weighted by Crippen LogP contribution is 2.45. The maximum atomic E-state index is 11.1. The van der Waals surface area contributed by atoms with Gasteiger partial charge in [-0.05, 0) is 62.1 Å². The van der Waals surface area contributed by atoms with Crippen molar-refractivity contribution in [3.8, 4) is 0 Å². The SMILES string of the molecule is CC1(C)O[C@H]2[C@H](O1)[C@@H](O[Si](C)(C)C(C)(C)C)C[C@H](O)[C@@H](N=[N+]=[N-])C[C@@H]2O[Si](C)(C)C(C)(C)C. The van der Waals surface area contributed by atoms with Gasteiger partial charge in [0.25, 0.3) is 0 Å². The van der Waals surface area contributed by atoms with Crippen LogP contribution in [-0.4, -0.2) is 64.1 Å². The number of aliphatic hydroxyl groups excluding tert-OH is 1. The van der Waals surface area contributed by atoms with Crippen molar-refractivity contribution in [1.29, 1.82) is 0 Å². The van der Waals surface area contributed by atoms with Gasteiger partial charge in [-0.15, -0.1) is 0 Å². The first kappa shape index (κ1) is 28.8. The van der Waals surface area contributed by atoms with Crippen LogP contribution in [0.25, 0.3) is 10.4 Å².